The zero-order valence-corrected chi connectivity index (χ0v) is 13.3. The second-order valence-corrected chi connectivity index (χ2v) is 7.04. The minimum absolute atomic E-state index is 0.426. The van der Waals surface area contributed by atoms with Crippen molar-refractivity contribution in [3.8, 4) is 0 Å². The molecular weight excluding hydrogens is 232 g/mol. The third kappa shape index (κ3) is 7.31. The van der Waals surface area contributed by atoms with Crippen LogP contribution in [0.25, 0.3) is 0 Å². The highest BCUT2D eigenvalue weighted by Crippen LogP contribution is 2.34. The maximum Gasteiger partial charge on any atom is 0.00199 e. The number of rotatable bonds is 10. The molecule has 19 heavy (non-hydrogen) atoms. The van der Waals surface area contributed by atoms with Crippen LogP contribution >= 0.6 is 0 Å². The molecule has 0 aliphatic heterocycles. The van der Waals surface area contributed by atoms with Gasteiger partial charge in [-0.25, -0.2) is 0 Å². The fraction of sp³-hybridized carbons (Fsp3) is 1.00. The molecule has 2 heteroatoms. The lowest BCUT2D eigenvalue weighted by Gasteiger charge is -2.36. The van der Waals surface area contributed by atoms with E-state index in [2.05, 4.69) is 19.2 Å². The fourth-order valence-corrected chi connectivity index (χ4v) is 3.26. The molecule has 114 valence electrons. The van der Waals surface area contributed by atoms with Crippen LogP contribution in [0.3, 0.4) is 0 Å². The summed E-state index contributed by atoms with van der Waals surface area (Å²) in [5.41, 5.74) is 6.43. The zero-order chi connectivity index (χ0) is 14.0. The molecule has 0 radical (unpaired) electrons. The zero-order valence-electron chi connectivity index (χ0n) is 13.3. The Hall–Kier alpha value is -0.0800. The summed E-state index contributed by atoms with van der Waals surface area (Å²) in [4.78, 5) is 0. The molecule has 0 aromatic heterocycles. The van der Waals surface area contributed by atoms with Gasteiger partial charge in [0.2, 0.25) is 0 Å². The summed E-state index contributed by atoms with van der Waals surface area (Å²) in [7, 11) is 0. The minimum atomic E-state index is 0.426. The molecule has 1 fully saturated rings. The molecule has 1 aliphatic rings. The van der Waals surface area contributed by atoms with Gasteiger partial charge in [0, 0.05) is 6.54 Å². The molecule has 0 amide bonds. The van der Waals surface area contributed by atoms with Crippen LogP contribution in [0, 0.1) is 11.3 Å². The number of hydrogen-bond donors (Lipinski definition) is 2. The number of nitrogens with two attached hydrogens (primary N) is 1. The van der Waals surface area contributed by atoms with Gasteiger partial charge >= 0.3 is 0 Å². The molecule has 1 rings (SSSR count). The van der Waals surface area contributed by atoms with Gasteiger partial charge in [0.1, 0.15) is 0 Å². The predicted octanol–water partition coefficient (Wildman–Crippen LogP) is 4.09. The highest BCUT2D eigenvalue weighted by atomic mass is 14.9. The van der Waals surface area contributed by atoms with E-state index in [1.54, 1.807) is 0 Å². The highest BCUT2D eigenvalue weighted by molar-refractivity contribution is 4.85. The van der Waals surface area contributed by atoms with Crippen molar-refractivity contribution in [3.05, 3.63) is 0 Å². The number of hydrogen-bond acceptors (Lipinski definition) is 2. The normalized spacial score (nSPS) is 18.9. The van der Waals surface area contributed by atoms with Gasteiger partial charge in [-0.2, -0.15) is 0 Å². The van der Waals surface area contributed by atoms with Gasteiger partial charge in [-0.05, 0) is 43.7 Å². The fourth-order valence-electron chi connectivity index (χ4n) is 3.26. The number of unbranched alkanes of at least 4 members (excludes halogenated alkanes) is 3. The summed E-state index contributed by atoms with van der Waals surface area (Å²) in [6.07, 6.45) is 13.8. The maximum atomic E-state index is 6.01. The van der Waals surface area contributed by atoms with E-state index in [1.165, 1.54) is 70.8 Å². The summed E-state index contributed by atoms with van der Waals surface area (Å²) in [5, 5.41) is 3.67. The van der Waals surface area contributed by atoms with Crippen LogP contribution in [0.2, 0.25) is 0 Å². The van der Waals surface area contributed by atoms with Crippen LogP contribution in [0.15, 0.2) is 0 Å². The molecule has 0 aromatic rings. The highest BCUT2D eigenvalue weighted by Gasteiger charge is 2.29. The predicted molar refractivity (Wildman–Crippen MR) is 85.4 cm³/mol. The molecule has 2 nitrogen and oxygen atoms in total. The Morgan fingerprint density at radius 3 is 2.32 bits per heavy atom. The lowest BCUT2D eigenvalue weighted by molar-refractivity contribution is 0.191. The first-order valence-corrected chi connectivity index (χ1v) is 8.59. The van der Waals surface area contributed by atoms with E-state index in [9.17, 15) is 0 Å². The third-order valence-electron chi connectivity index (χ3n) is 4.73. The second-order valence-electron chi connectivity index (χ2n) is 7.04. The van der Waals surface area contributed by atoms with Gasteiger partial charge in [0.15, 0.2) is 0 Å². The van der Waals surface area contributed by atoms with Crippen LogP contribution < -0.4 is 11.1 Å². The Morgan fingerprint density at radius 1 is 1.00 bits per heavy atom. The Labute approximate surface area is 120 Å². The Kier molecular flexibility index (Phi) is 8.72. The first kappa shape index (κ1) is 17.0. The van der Waals surface area contributed by atoms with Gasteiger partial charge in [0.25, 0.3) is 0 Å². The van der Waals surface area contributed by atoms with E-state index in [0.29, 0.717) is 5.41 Å². The van der Waals surface area contributed by atoms with Crippen molar-refractivity contribution >= 4 is 0 Å². The molecule has 0 aromatic carbocycles. The first-order valence-electron chi connectivity index (χ1n) is 8.59. The van der Waals surface area contributed by atoms with Crippen LogP contribution in [0.1, 0.15) is 78.1 Å². The topological polar surface area (TPSA) is 38.0 Å². The molecule has 0 saturated heterocycles. The summed E-state index contributed by atoms with van der Waals surface area (Å²) in [6, 6.07) is 0. The SMILES string of the molecule is CC(C)CCCCCCNCC1(CN)CCCCC1. The summed E-state index contributed by atoms with van der Waals surface area (Å²) in [6.45, 7) is 7.84. The van der Waals surface area contributed by atoms with Gasteiger partial charge in [-0.3, -0.25) is 0 Å². The van der Waals surface area contributed by atoms with Gasteiger partial charge in [-0.15, -0.1) is 0 Å². The van der Waals surface area contributed by atoms with Crippen molar-refractivity contribution in [1.82, 2.24) is 5.32 Å². The molecule has 1 saturated carbocycles. The second kappa shape index (κ2) is 9.77. The van der Waals surface area contributed by atoms with Crippen molar-refractivity contribution in [1.29, 1.82) is 0 Å². The summed E-state index contributed by atoms with van der Waals surface area (Å²) >= 11 is 0. The largest absolute Gasteiger partial charge is 0.330 e. The quantitative estimate of drug-likeness (QED) is 0.586. The van der Waals surface area contributed by atoms with Gasteiger partial charge in [0.05, 0.1) is 0 Å². The lowest BCUT2D eigenvalue weighted by atomic mass is 9.74. The summed E-state index contributed by atoms with van der Waals surface area (Å²) in [5.74, 6) is 0.869. The van der Waals surface area contributed by atoms with Crippen LogP contribution in [-0.4, -0.2) is 19.6 Å². The third-order valence-corrected chi connectivity index (χ3v) is 4.73. The smallest absolute Gasteiger partial charge is 0.00199 e. The average Bonchev–Trinajstić information content (AvgIpc) is 2.42. The van der Waals surface area contributed by atoms with Crippen molar-refractivity contribution in [2.75, 3.05) is 19.6 Å². The van der Waals surface area contributed by atoms with E-state index < -0.39 is 0 Å². The van der Waals surface area contributed by atoms with Crippen molar-refractivity contribution in [2.45, 2.75) is 78.1 Å². The van der Waals surface area contributed by atoms with Crippen molar-refractivity contribution in [2.24, 2.45) is 17.1 Å². The van der Waals surface area contributed by atoms with Crippen molar-refractivity contribution < 1.29 is 0 Å². The molecule has 0 spiro atoms. The van der Waals surface area contributed by atoms with E-state index in [-0.39, 0.29) is 0 Å². The average molecular weight is 268 g/mol. The Morgan fingerprint density at radius 2 is 1.68 bits per heavy atom. The number of nitrogens with one attached hydrogen (secondary N) is 1. The van der Waals surface area contributed by atoms with Crippen LogP contribution in [0.4, 0.5) is 0 Å². The summed E-state index contributed by atoms with van der Waals surface area (Å²) < 4.78 is 0. The molecule has 0 bridgehead atoms. The molecule has 1 aliphatic carbocycles. The molecule has 0 heterocycles. The van der Waals surface area contributed by atoms with Crippen LogP contribution in [-0.2, 0) is 0 Å². The van der Waals surface area contributed by atoms with E-state index in [1.807, 2.05) is 0 Å². The van der Waals surface area contributed by atoms with Crippen molar-refractivity contribution in [3.63, 3.8) is 0 Å². The van der Waals surface area contributed by atoms with Gasteiger partial charge < -0.3 is 11.1 Å². The lowest BCUT2D eigenvalue weighted by Crippen LogP contribution is -2.42. The van der Waals surface area contributed by atoms with E-state index in [0.717, 1.165) is 19.0 Å². The molecule has 3 N–H and O–H groups in total. The van der Waals surface area contributed by atoms with E-state index >= 15 is 0 Å². The van der Waals surface area contributed by atoms with Gasteiger partial charge in [-0.1, -0.05) is 58.8 Å². The van der Waals surface area contributed by atoms with E-state index in [4.69, 9.17) is 5.73 Å². The monoisotopic (exact) mass is 268 g/mol. The first-order chi connectivity index (χ1) is 9.18. The molecule has 0 unspecified atom stereocenters. The maximum absolute atomic E-state index is 6.01. The Balaban J connectivity index is 1.97. The molecular formula is C17H36N2. The minimum Gasteiger partial charge on any atom is -0.330 e. The Bertz CT molecular complexity index is 207. The molecule has 0 atom stereocenters. The van der Waals surface area contributed by atoms with Crippen LogP contribution in [0.5, 0.6) is 0 Å². The standard InChI is InChI=1S/C17H36N2/c1-16(2)10-6-3-4-9-13-19-15-17(14-18)11-7-5-8-12-17/h16,19H,3-15,18H2,1-2H3.